The highest BCUT2D eigenvalue weighted by atomic mass is 16.7. The van der Waals surface area contributed by atoms with Gasteiger partial charge in [-0.1, -0.05) is 27.7 Å². The van der Waals surface area contributed by atoms with Crippen LogP contribution in [0.3, 0.4) is 0 Å². The summed E-state index contributed by atoms with van der Waals surface area (Å²) in [4.78, 5) is 30.2. The Morgan fingerprint density at radius 2 is 1.67 bits per heavy atom. The Kier molecular flexibility index (Phi) is 7.90. The van der Waals surface area contributed by atoms with E-state index in [4.69, 9.17) is 14.2 Å². The van der Waals surface area contributed by atoms with Crippen molar-refractivity contribution in [3.63, 3.8) is 0 Å². The molecule has 1 unspecified atom stereocenters. The summed E-state index contributed by atoms with van der Waals surface area (Å²) in [7, 11) is 0. The summed E-state index contributed by atoms with van der Waals surface area (Å²) in [5.41, 5.74) is 0.724. The Labute approximate surface area is 271 Å². The number of nitrogens with zero attached hydrogens (tertiary/aromatic N) is 2. The molecule has 0 aromatic carbocycles. The van der Waals surface area contributed by atoms with E-state index >= 15 is 0 Å². The molecule has 1 spiro atoms. The predicted octanol–water partition coefficient (Wildman–Crippen LogP) is 4.85. The Balaban J connectivity index is 0.853. The van der Waals surface area contributed by atoms with Crippen molar-refractivity contribution < 1.29 is 23.8 Å². The van der Waals surface area contributed by atoms with E-state index in [0.29, 0.717) is 46.6 Å². The SMILES string of the molecule is C[C@H]1CC[C@@]2(OC1)O[C@H]1C[C@H]3[C@@H]4CC[C@@H]5C[C@H](NC(=O)CC(=O)N6CC(N7CCOCC7)C6)CC[C@]5(C)C4CC[C@]3(C)[C@H]1[C@@H]2C. The highest BCUT2D eigenvalue weighted by molar-refractivity contribution is 5.97. The molecule has 4 heterocycles. The predicted molar refractivity (Wildman–Crippen MR) is 171 cm³/mol. The van der Waals surface area contributed by atoms with Gasteiger partial charge in [-0.15, -0.1) is 0 Å². The maximum absolute atomic E-state index is 13.0. The monoisotopic (exact) mass is 625 g/mol. The lowest BCUT2D eigenvalue weighted by atomic mass is 9.44. The molecule has 1 N–H and O–H groups in total. The average molecular weight is 626 g/mol. The zero-order valence-corrected chi connectivity index (χ0v) is 28.4. The van der Waals surface area contributed by atoms with Crippen molar-refractivity contribution in [1.29, 1.82) is 0 Å². The van der Waals surface area contributed by atoms with Crippen LogP contribution in [0.15, 0.2) is 0 Å². The third-order valence-electron chi connectivity index (χ3n) is 15.4. The number of carbonyl (C=O) groups is 2. The molecule has 4 aliphatic heterocycles. The van der Waals surface area contributed by atoms with E-state index < -0.39 is 0 Å². The molecule has 4 saturated carbocycles. The molecule has 0 bridgehead atoms. The van der Waals surface area contributed by atoms with E-state index in [2.05, 4.69) is 37.9 Å². The minimum Gasteiger partial charge on any atom is -0.379 e. The van der Waals surface area contributed by atoms with Gasteiger partial charge in [0.05, 0.1) is 25.9 Å². The largest absolute Gasteiger partial charge is 0.379 e. The van der Waals surface area contributed by atoms with Gasteiger partial charge in [0.1, 0.15) is 6.42 Å². The summed E-state index contributed by atoms with van der Waals surface area (Å²) < 4.78 is 19.0. The molecular weight excluding hydrogens is 566 g/mol. The summed E-state index contributed by atoms with van der Waals surface area (Å²) in [6, 6.07) is 0.636. The first kappa shape index (κ1) is 31.1. The van der Waals surface area contributed by atoms with Crippen molar-refractivity contribution in [1.82, 2.24) is 15.1 Å². The molecule has 12 atom stereocenters. The number of carbonyl (C=O) groups excluding carboxylic acids is 2. The van der Waals surface area contributed by atoms with Gasteiger partial charge in [0.25, 0.3) is 0 Å². The minimum absolute atomic E-state index is 0.00654. The van der Waals surface area contributed by atoms with Gasteiger partial charge in [-0.05, 0) is 104 Å². The number of ether oxygens (including phenoxy) is 3. The first-order valence-corrected chi connectivity index (χ1v) is 18.8. The van der Waals surface area contributed by atoms with E-state index in [0.717, 1.165) is 83.0 Å². The molecule has 0 aromatic rings. The van der Waals surface area contributed by atoms with Gasteiger partial charge < -0.3 is 24.4 Å². The molecule has 0 aromatic heterocycles. The van der Waals surface area contributed by atoms with Gasteiger partial charge in [0.15, 0.2) is 5.79 Å². The summed E-state index contributed by atoms with van der Waals surface area (Å²) in [5, 5.41) is 3.31. The Morgan fingerprint density at radius 3 is 2.42 bits per heavy atom. The van der Waals surface area contributed by atoms with E-state index in [1.807, 2.05) is 4.90 Å². The molecule has 8 fully saturated rings. The summed E-state index contributed by atoms with van der Waals surface area (Å²) in [6.45, 7) is 15.8. The molecule has 8 nitrogen and oxygen atoms in total. The lowest BCUT2D eigenvalue weighted by molar-refractivity contribution is -0.273. The lowest BCUT2D eigenvalue weighted by Crippen LogP contribution is -2.63. The molecule has 8 aliphatic rings. The standard InChI is InChI=1S/C37H59N3O5/c1-23-7-12-37(44-22-23)24(2)34-31(45-37)18-30-28-6-5-25-17-26(8-10-35(25,3)29(28)9-11-36(30,34)4)38-32(41)19-33(42)40-20-27(21-40)39-13-15-43-16-14-39/h23-31,34H,5-22H2,1-4H3,(H,38,41)/t23-,24-,25+,26+,28+,29?,30-,31-,34-,35-,36-,37+/m0/s1. The van der Waals surface area contributed by atoms with Crippen LogP contribution >= 0.6 is 0 Å². The van der Waals surface area contributed by atoms with Crippen molar-refractivity contribution >= 4 is 11.8 Å². The minimum atomic E-state index is -0.329. The van der Waals surface area contributed by atoms with Gasteiger partial charge in [0, 0.05) is 50.6 Å². The number of hydrogen-bond acceptors (Lipinski definition) is 6. The number of morpholine rings is 1. The first-order chi connectivity index (χ1) is 21.6. The molecule has 8 rings (SSSR count). The van der Waals surface area contributed by atoms with Gasteiger partial charge in [-0.25, -0.2) is 0 Å². The van der Waals surface area contributed by atoms with Crippen molar-refractivity contribution in [3.8, 4) is 0 Å². The molecule has 252 valence electrons. The topological polar surface area (TPSA) is 80.3 Å². The van der Waals surface area contributed by atoms with Crippen LogP contribution in [0.2, 0.25) is 0 Å². The second-order valence-electron chi connectivity index (χ2n) is 17.5. The third kappa shape index (κ3) is 5.04. The van der Waals surface area contributed by atoms with Gasteiger partial charge >= 0.3 is 0 Å². The maximum Gasteiger partial charge on any atom is 0.232 e. The van der Waals surface area contributed by atoms with Gasteiger partial charge in [-0.3, -0.25) is 14.5 Å². The van der Waals surface area contributed by atoms with Crippen molar-refractivity contribution in [2.75, 3.05) is 46.0 Å². The summed E-state index contributed by atoms with van der Waals surface area (Å²) >= 11 is 0. The second-order valence-corrected chi connectivity index (χ2v) is 17.5. The Morgan fingerprint density at radius 1 is 0.889 bits per heavy atom. The average Bonchev–Trinajstić information content (AvgIpc) is 3.44. The number of amides is 2. The maximum atomic E-state index is 13.0. The number of rotatable bonds is 4. The van der Waals surface area contributed by atoms with Gasteiger partial charge in [0.2, 0.25) is 11.8 Å². The van der Waals surface area contributed by atoms with E-state index in [1.54, 1.807) is 0 Å². The Hall–Kier alpha value is -1.22. The highest BCUT2D eigenvalue weighted by Gasteiger charge is 2.69. The van der Waals surface area contributed by atoms with Crippen LogP contribution in [0.1, 0.15) is 98.3 Å². The zero-order chi connectivity index (χ0) is 31.1. The number of hydrogen-bond donors (Lipinski definition) is 1. The fourth-order valence-electron chi connectivity index (χ4n) is 12.8. The van der Waals surface area contributed by atoms with Crippen LogP contribution in [0.4, 0.5) is 0 Å². The fraction of sp³-hybridized carbons (Fsp3) is 0.946. The Bertz CT molecular complexity index is 1140. The first-order valence-electron chi connectivity index (χ1n) is 18.8. The van der Waals surface area contributed by atoms with E-state index in [9.17, 15) is 9.59 Å². The van der Waals surface area contributed by atoms with Crippen LogP contribution in [0.5, 0.6) is 0 Å². The number of nitrogens with one attached hydrogen (secondary N) is 1. The van der Waals surface area contributed by atoms with Crippen LogP contribution < -0.4 is 5.32 Å². The molecule has 4 aliphatic carbocycles. The van der Waals surface area contributed by atoms with Crippen LogP contribution in [0, 0.1) is 52.3 Å². The normalized spacial score (nSPS) is 49.9. The lowest BCUT2D eigenvalue weighted by Gasteiger charge is -2.61. The fourth-order valence-corrected chi connectivity index (χ4v) is 12.8. The molecule has 4 saturated heterocycles. The number of fused-ring (bicyclic) bond motifs is 7. The van der Waals surface area contributed by atoms with Crippen LogP contribution in [0.25, 0.3) is 0 Å². The van der Waals surface area contributed by atoms with Gasteiger partial charge in [-0.2, -0.15) is 0 Å². The van der Waals surface area contributed by atoms with E-state index in [-0.39, 0.29) is 30.1 Å². The highest BCUT2D eigenvalue weighted by Crippen LogP contribution is 2.71. The van der Waals surface area contributed by atoms with Crippen molar-refractivity contribution in [2.45, 2.75) is 122 Å². The quantitative estimate of drug-likeness (QED) is 0.450. The van der Waals surface area contributed by atoms with Crippen LogP contribution in [-0.4, -0.2) is 91.6 Å². The van der Waals surface area contributed by atoms with Crippen LogP contribution in [-0.2, 0) is 23.8 Å². The smallest absolute Gasteiger partial charge is 0.232 e. The third-order valence-corrected chi connectivity index (χ3v) is 15.4. The van der Waals surface area contributed by atoms with Crippen molar-refractivity contribution in [2.24, 2.45) is 52.3 Å². The van der Waals surface area contributed by atoms with Crippen molar-refractivity contribution in [3.05, 3.63) is 0 Å². The zero-order valence-electron chi connectivity index (χ0n) is 28.4. The molecular formula is C37H59N3O5. The molecule has 45 heavy (non-hydrogen) atoms. The molecule has 8 heteroatoms. The summed E-state index contributed by atoms with van der Waals surface area (Å²) in [5.74, 6) is 4.34. The number of likely N-dealkylation sites (tertiary alicyclic amines) is 1. The summed E-state index contributed by atoms with van der Waals surface area (Å²) in [6.07, 6.45) is 12.5. The molecule has 0 radical (unpaired) electrons. The molecule has 2 amide bonds. The van der Waals surface area contributed by atoms with E-state index in [1.165, 1.54) is 44.9 Å². The second kappa shape index (κ2) is 11.4.